The van der Waals surface area contributed by atoms with Crippen LogP contribution in [-0.4, -0.2) is 23.5 Å². The van der Waals surface area contributed by atoms with Crippen LogP contribution in [0.1, 0.15) is 36.0 Å². The fraction of sp³-hybridized carbons (Fsp3) is 0.500. The Labute approximate surface area is 115 Å². The second-order valence-corrected chi connectivity index (χ2v) is 5.11. The molecule has 2 N–H and O–H groups in total. The lowest BCUT2D eigenvalue weighted by atomic mass is 9.82. The molecule has 1 heterocycles. The third-order valence-corrected chi connectivity index (χ3v) is 3.71. The Hall–Kier alpha value is -2.11. The van der Waals surface area contributed by atoms with Gasteiger partial charge in [-0.15, -0.1) is 0 Å². The highest BCUT2D eigenvalue weighted by atomic mass is 16.4. The first-order valence-corrected chi connectivity index (χ1v) is 6.66. The topological polar surface area (TPSA) is 96.6 Å². The summed E-state index contributed by atoms with van der Waals surface area (Å²) in [6.45, 7) is 0.518. The number of rotatable bonds is 4. The number of nitrogens with one attached hydrogen (secondary N) is 1. The predicted octanol–water partition coefficient (Wildman–Crippen LogP) is 1.26. The van der Waals surface area contributed by atoms with Crippen molar-refractivity contribution in [3.8, 4) is 0 Å². The van der Waals surface area contributed by atoms with Gasteiger partial charge in [-0.2, -0.15) is 0 Å². The summed E-state index contributed by atoms with van der Waals surface area (Å²) in [6, 6.07) is 2.62. The van der Waals surface area contributed by atoms with Crippen LogP contribution in [0.25, 0.3) is 0 Å². The first-order valence-electron chi connectivity index (χ1n) is 6.66. The minimum absolute atomic E-state index is 0.245. The summed E-state index contributed by atoms with van der Waals surface area (Å²) in [5, 5.41) is 11.7. The van der Waals surface area contributed by atoms with Gasteiger partial charge in [-0.1, -0.05) is 0 Å². The molecule has 1 aliphatic carbocycles. The largest absolute Gasteiger partial charge is 0.481 e. The summed E-state index contributed by atoms with van der Waals surface area (Å²) >= 11 is 0. The molecule has 6 nitrogen and oxygen atoms in total. The molecule has 1 amide bonds. The quantitative estimate of drug-likeness (QED) is 0.864. The molecule has 0 aliphatic heterocycles. The van der Waals surface area contributed by atoms with E-state index in [0.717, 1.165) is 19.1 Å². The average molecular weight is 279 g/mol. The third-order valence-electron chi connectivity index (χ3n) is 3.71. The fourth-order valence-corrected chi connectivity index (χ4v) is 2.44. The van der Waals surface area contributed by atoms with Crippen molar-refractivity contribution in [2.45, 2.75) is 25.7 Å². The highest BCUT2D eigenvalue weighted by Gasteiger charge is 2.26. The minimum Gasteiger partial charge on any atom is -0.481 e. The number of aliphatic carboxylic acids is 1. The van der Waals surface area contributed by atoms with Gasteiger partial charge >= 0.3 is 11.6 Å². The predicted molar refractivity (Wildman–Crippen MR) is 70.4 cm³/mol. The summed E-state index contributed by atoms with van der Waals surface area (Å²) in [6.07, 6.45) is 4.08. The Morgan fingerprint density at radius 1 is 1.25 bits per heavy atom. The number of carboxylic acid groups (broad SMARTS) is 1. The summed E-state index contributed by atoms with van der Waals surface area (Å²) in [5.41, 5.74) is -0.183. The molecule has 0 atom stereocenters. The van der Waals surface area contributed by atoms with Crippen molar-refractivity contribution < 1.29 is 19.1 Å². The van der Waals surface area contributed by atoms with Crippen molar-refractivity contribution in [3.63, 3.8) is 0 Å². The molecule has 0 spiro atoms. The third kappa shape index (κ3) is 3.69. The van der Waals surface area contributed by atoms with E-state index in [9.17, 15) is 14.4 Å². The van der Waals surface area contributed by atoms with Gasteiger partial charge in [-0.05, 0) is 37.7 Å². The maximum atomic E-state index is 11.8. The maximum Gasteiger partial charge on any atom is 0.335 e. The smallest absolute Gasteiger partial charge is 0.335 e. The molecule has 0 aromatic carbocycles. The van der Waals surface area contributed by atoms with Crippen molar-refractivity contribution >= 4 is 11.9 Å². The summed E-state index contributed by atoms with van der Waals surface area (Å²) in [7, 11) is 0. The number of carbonyl (C=O) groups excluding carboxylic acids is 1. The Morgan fingerprint density at radius 3 is 2.50 bits per heavy atom. The molecule has 20 heavy (non-hydrogen) atoms. The van der Waals surface area contributed by atoms with Crippen LogP contribution < -0.4 is 10.9 Å². The first-order chi connectivity index (χ1) is 9.56. The van der Waals surface area contributed by atoms with Gasteiger partial charge in [0.2, 0.25) is 0 Å². The molecule has 0 radical (unpaired) electrons. The van der Waals surface area contributed by atoms with Crippen molar-refractivity contribution in [2.24, 2.45) is 11.8 Å². The second-order valence-electron chi connectivity index (χ2n) is 5.11. The van der Waals surface area contributed by atoms with E-state index < -0.39 is 11.6 Å². The highest BCUT2D eigenvalue weighted by molar-refractivity contribution is 5.93. The van der Waals surface area contributed by atoms with E-state index in [-0.39, 0.29) is 11.8 Å². The van der Waals surface area contributed by atoms with Gasteiger partial charge in [-0.3, -0.25) is 9.59 Å². The van der Waals surface area contributed by atoms with Crippen LogP contribution in [0.3, 0.4) is 0 Å². The Bertz CT molecular complexity index is 522. The molecule has 2 rings (SSSR count). The second kappa shape index (κ2) is 6.36. The number of hydrogen-bond donors (Lipinski definition) is 2. The summed E-state index contributed by atoms with van der Waals surface area (Å²) < 4.78 is 4.63. The number of amides is 1. The van der Waals surface area contributed by atoms with Gasteiger partial charge in [0.1, 0.15) is 6.26 Å². The van der Waals surface area contributed by atoms with Crippen LogP contribution in [0, 0.1) is 11.8 Å². The SMILES string of the molecule is O=C(NCC1CCC(C(=O)O)CC1)c1ccc(=O)oc1. The first kappa shape index (κ1) is 14.3. The Balaban J connectivity index is 1.78. The van der Waals surface area contributed by atoms with E-state index in [2.05, 4.69) is 9.73 Å². The Morgan fingerprint density at radius 2 is 1.95 bits per heavy atom. The maximum absolute atomic E-state index is 11.8. The molecule has 1 fully saturated rings. The van der Waals surface area contributed by atoms with Crippen LogP contribution in [0.5, 0.6) is 0 Å². The molecule has 0 saturated heterocycles. The average Bonchev–Trinajstić information content (AvgIpc) is 2.46. The van der Waals surface area contributed by atoms with Crippen molar-refractivity contribution in [1.29, 1.82) is 0 Å². The van der Waals surface area contributed by atoms with E-state index >= 15 is 0 Å². The molecule has 1 saturated carbocycles. The van der Waals surface area contributed by atoms with E-state index in [1.54, 1.807) is 0 Å². The van der Waals surface area contributed by atoms with E-state index in [4.69, 9.17) is 5.11 Å². The Kier molecular flexibility index (Phi) is 4.55. The van der Waals surface area contributed by atoms with Crippen LogP contribution in [-0.2, 0) is 4.79 Å². The van der Waals surface area contributed by atoms with Crippen molar-refractivity contribution in [2.75, 3.05) is 6.54 Å². The molecule has 1 aromatic heterocycles. The number of hydrogen-bond acceptors (Lipinski definition) is 4. The van der Waals surface area contributed by atoms with Gasteiger partial charge in [0.25, 0.3) is 5.91 Å². The summed E-state index contributed by atoms with van der Waals surface area (Å²) in [5.74, 6) is -0.948. The van der Waals surface area contributed by atoms with Crippen molar-refractivity contribution in [1.82, 2.24) is 5.32 Å². The standard InChI is InChI=1S/C14H17NO5/c16-12-6-5-11(8-20-12)13(17)15-7-9-1-3-10(4-2-9)14(18)19/h5-6,8-10H,1-4,7H2,(H,15,17)(H,18,19). The van der Waals surface area contributed by atoms with Gasteiger partial charge in [0, 0.05) is 12.6 Å². The molecular formula is C14H17NO5. The van der Waals surface area contributed by atoms with Gasteiger partial charge in [-0.25, -0.2) is 4.79 Å². The fourth-order valence-electron chi connectivity index (χ4n) is 2.44. The van der Waals surface area contributed by atoms with Crippen LogP contribution >= 0.6 is 0 Å². The monoisotopic (exact) mass is 279 g/mol. The van der Waals surface area contributed by atoms with E-state index in [0.29, 0.717) is 30.9 Å². The molecule has 108 valence electrons. The van der Waals surface area contributed by atoms with Crippen LogP contribution in [0.4, 0.5) is 0 Å². The van der Waals surface area contributed by atoms with Crippen LogP contribution in [0.2, 0.25) is 0 Å². The lowest BCUT2D eigenvalue weighted by Gasteiger charge is -2.26. The lowest BCUT2D eigenvalue weighted by Crippen LogP contribution is -2.32. The normalized spacial score (nSPS) is 22.2. The highest BCUT2D eigenvalue weighted by Crippen LogP contribution is 2.28. The number of carbonyl (C=O) groups is 2. The van der Waals surface area contributed by atoms with Crippen molar-refractivity contribution in [3.05, 3.63) is 34.4 Å². The summed E-state index contributed by atoms with van der Waals surface area (Å²) in [4.78, 5) is 33.4. The van der Waals surface area contributed by atoms with Gasteiger partial charge in [0.05, 0.1) is 11.5 Å². The number of carboxylic acids is 1. The van der Waals surface area contributed by atoms with Crippen LogP contribution in [0.15, 0.2) is 27.6 Å². The molecular weight excluding hydrogens is 262 g/mol. The zero-order valence-electron chi connectivity index (χ0n) is 11.0. The van der Waals surface area contributed by atoms with E-state index in [1.807, 2.05) is 0 Å². The van der Waals surface area contributed by atoms with Gasteiger partial charge < -0.3 is 14.8 Å². The zero-order valence-corrected chi connectivity index (χ0v) is 11.0. The molecule has 1 aromatic rings. The minimum atomic E-state index is -0.730. The van der Waals surface area contributed by atoms with Gasteiger partial charge in [0.15, 0.2) is 0 Å². The molecule has 0 bridgehead atoms. The van der Waals surface area contributed by atoms with E-state index in [1.165, 1.54) is 12.1 Å². The molecule has 6 heteroatoms. The lowest BCUT2D eigenvalue weighted by molar-refractivity contribution is -0.143. The molecule has 1 aliphatic rings. The molecule has 0 unspecified atom stereocenters. The zero-order chi connectivity index (χ0) is 14.5.